The highest BCUT2D eigenvalue weighted by Crippen LogP contribution is 2.45. The van der Waals surface area contributed by atoms with Gasteiger partial charge in [0.2, 0.25) is 0 Å². The Morgan fingerprint density at radius 3 is 2.41 bits per heavy atom. The van der Waals surface area contributed by atoms with E-state index in [2.05, 4.69) is 21.9 Å². The fourth-order valence-electron chi connectivity index (χ4n) is 5.14. The van der Waals surface area contributed by atoms with Gasteiger partial charge in [0.15, 0.2) is 0 Å². The van der Waals surface area contributed by atoms with Gasteiger partial charge in [-0.2, -0.15) is 0 Å². The molecule has 3 fully saturated rings. The third kappa shape index (κ3) is 6.87. The summed E-state index contributed by atoms with van der Waals surface area (Å²) < 4.78 is 43.7. The number of likely N-dealkylation sites (tertiary alicyclic amines) is 1. The lowest BCUT2D eigenvalue weighted by Crippen LogP contribution is -2.37. The predicted molar refractivity (Wildman–Crippen MR) is 152 cm³/mol. The lowest BCUT2D eigenvalue weighted by atomic mass is 9.94. The zero-order valence-electron chi connectivity index (χ0n) is 21.6. The Balaban J connectivity index is 1.23. The Hall–Kier alpha value is -2.35. The topological polar surface area (TPSA) is 82.5 Å². The van der Waals surface area contributed by atoms with Crippen molar-refractivity contribution in [2.75, 3.05) is 19.7 Å². The van der Waals surface area contributed by atoms with Crippen molar-refractivity contribution in [3.63, 3.8) is 0 Å². The number of carbonyl (C=O) groups excluding carboxylic acids is 1. The summed E-state index contributed by atoms with van der Waals surface area (Å²) in [5.74, 6) is -0.559. The second kappa shape index (κ2) is 11.6. The molecule has 208 valence electrons. The zero-order valence-corrected chi connectivity index (χ0v) is 23.9. The number of amides is 1. The van der Waals surface area contributed by atoms with E-state index >= 15 is 4.39 Å². The minimum absolute atomic E-state index is 0.0341. The summed E-state index contributed by atoms with van der Waals surface area (Å²) in [5, 5.41) is 0.830. The third-order valence-corrected chi connectivity index (χ3v) is 9.95. The minimum Gasteiger partial charge on any atom is -0.493 e. The van der Waals surface area contributed by atoms with E-state index in [4.69, 9.17) is 32.7 Å². The molecule has 6 nitrogen and oxygen atoms in total. The molecule has 1 amide bonds. The molecule has 2 aromatic rings. The van der Waals surface area contributed by atoms with Gasteiger partial charge in [0.25, 0.3) is 5.91 Å². The van der Waals surface area contributed by atoms with Gasteiger partial charge in [-0.25, -0.2) is 13.4 Å². The number of piperidine rings is 1. The largest absolute Gasteiger partial charge is 0.493 e. The van der Waals surface area contributed by atoms with E-state index in [1.54, 1.807) is 6.07 Å². The number of nitrogens with zero attached hydrogens (tertiary/aromatic N) is 1. The number of ether oxygens (including phenoxy) is 1. The summed E-state index contributed by atoms with van der Waals surface area (Å²) in [6, 6.07) is 8.29. The van der Waals surface area contributed by atoms with Crippen LogP contribution >= 0.6 is 23.2 Å². The molecular weight excluding hydrogens is 560 g/mol. The summed E-state index contributed by atoms with van der Waals surface area (Å²) in [4.78, 5) is 15.0. The predicted octanol–water partition coefficient (Wildman–Crippen LogP) is 7.04. The molecule has 3 aliphatic rings. The molecule has 2 atom stereocenters. The van der Waals surface area contributed by atoms with Gasteiger partial charge in [-0.1, -0.05) is 29.8 Å². The van der Waals surface area contributed by atoms with Crippen molar-refractivity contribution >= 4 is 39.0 Å². The molecule has 2 aliphatic carbocycles. The fraction of sp³-hybridized carbons (Fsp3) is 0.448. The molecule has 0 aromatic heterocycles. The average Bonchev–Trinajstić information content (AvgIpc) is 3.78. The molecule has 1 heterocycles. The van der Waals surface area contributed by atoms with Crippen LogP contribution in [0, 0.1) is 16.5 Å². The molecule has 0 radical (unpaired) electrons. The molecule has 5 rings (SSSR count). The maximum absolute atomic E-state index is 15.0. The van der Waals surface area contributed by atoms with Crippen molar-refractivity contribution < 1.29 is 18.1 Å². The van der Waals surface area contributed by atoms with E-state index in [0.29, 0.717) is 41.2 Å². The van der Waals surface area contributed by atoms with Gasteiger partial charge in [0.05, 0.1) is 23.5 Å². The smallest absolute Gasteiger partial charge is 0.266 e. The standard InChI is InChI=1S/C29H32Cl2FN3O3S/c1-2-3-27(20-12-21(30)14-22(31)13-20)35-10-8-18(9-11-35)17-38-28-16-26(32)25(15-24(28)19-4-5-19)29(36)34-39(33,37)23-6-7-23/h3,12-16,18-19,23,27H,1,4-11,17H2,(H2,33,34,36,37). The van der Waals surface area contributed by atoms with Crippen LogP contribution < -0.4 is 9.46 Å². The monoisotopic (exact) mass is 591 g/mol. The molecule has 0 spiro atoms. The second-order valence-electron chi connectivity index (χ2n) is 10.7. The summed E-state index contributed by atoms with van der Waals surface area (Å²) in [6.45, 7) is 5.86. The average molecular weight is 593 g/mol. The second-order valence-corrected chi connectivity index (χ2v) is 13.6. The number of halogens is 3. The first-order chi connectivity index (χ1) is 18.6. The van der Waals surface area contributed by atoms with Gasteiger partial charge in [-0.3, -0.25) is 14.4 Å². The van der Waals surface area contributed by atoms with E-state index in [0.717, 1.165) is 49.9 Å². The van der Waals surface area contributed by atoms with Crippen LogP contribution in [0.3, 0.4) is 0 Å². The van der Waals surface area contributed by atoms with Crippen LogP contribution in [-0.2, 0) is 9.92 Å². The number of carbonyl (C=O) groups is 1. The normalized spacial score (nSPS) is 20.5. The molecule has 2 aromatic carbocycles. The van der Waals surface area contributed by atoms with Gasteiger partial charge < -0.3 is 4.74 Å². The van der Waals surface area contributed by atoms with Crippen LogP contribution in [0.5, 0.6) is 5.75 Å². The van der Waals surface area contributed by atoms with Crippen molar-refractivity contribution in [3.05, 3.63) is 81.3 Å². The molecule has 39 heavy (non-hydrogen) atoms. The molecule has 2 saturated carbocycles. The molecule has 0 bridgehead atoms. The summed E-state index contributed by atoms with van der Waals surface area (Å²) in [5.41, 5.74) is 4.52. The highest BCUT2D eigenvalue weighted by atomic mass is 35.5. The molecule has 1 saturated heterocycles. The van der Waals surface area contributed by atoms with Crippen LogP contribution in [0.1, 0.15) is 72.0 Å². The van der Waals surface area contributed by atoms with Crippen molar-refractivity contribution in [2.24, 2.45) is 5.92 Å². The van der Waals surface area contributed by atoms with Gasteiger partial charge in [-0.15, -0.1) is 5.73 Å². The van der Waals surface area contributed by atoms with Gasteiger partial charge in [-0.05, 0) is 105 Å². The van der Waals surface area contributed by atoms with E-state index < -0.39 is 21.6 Å². The number of benzene rings is 2. The lowest BCUT2D eigenvalue weighted by molar-refractivity contribution is 0.0978. The Bertz CT molecular complexity index is 1390. The van der Waals surface area contributed by atoms with Crippen LogP contribution in [-0.4, -0.2) is 40.0 Å². The number of hydrogen-bond acceptors (Lipinski definition) is 5. The molecule has 2 unspecified atom stereocenters. The first-order valence-corrected chi connectivity index (χ1v) is 15.6. The summed E-state index contributed by atoms with van der Waals surface area (Å²) >= 11 is 12.5. The lowest BCUT2D eigenvalue weighted by Gasteiger charge is -2.36. The van der Waals surface area contributed by atoms with E-state index in [-0.39, 0.29) is 22.8 Å². The summed E-state index contributed by atoms with van der Waals surface area (Å²) in [6.07, 6.45) is 6.91. The Morgan fingerprint density at radius 2 is 1.82 bits per heavy atom. The molecule has 1 aliphatic heterocycles. The first kappa shape index (κ1) is 28.2. The Morgan fingerprint density at radius 1 is 1.15 bits per heavy atom. The van der Waals surface area contributed by atoms with Crippen molar-refractivity contribution in [1.82, 2.24) is 9.62 Å². The number of hydrogen-bond donors (Lipinski definition) is 2. The van der Waals surface area contributed by atoms with Gasteiger partial charge in [0, 0.05) is 16.1 Å². The zero-order chi connectivity index (χ0) is 27.7. The molecule has 2 N–H and O–H groups in total. The van der Waals surface area contributed by atoms with E-state index in [1.807, 2.05) is 18.2 Å². The van der Waals surface area contributed by atoms with Crippen LogP contribution in [0.4, 0.5) is 4.39 Å². The Labute approximate surface area is 239 Å². The molecular formula is C29H32Cl2FN3O3S. The fourth-order valence-corrected chi connectivity index (χ4v) is 7.03. The van der Waals surface area contributed by atoms with E-state index in [9.17, 15) is 9.00 Å². The number of rotatable bonds is 10. The quantitative estimate of drug-likeness (QED) is 0.290. The maximum Gasteiger partial charge on any atom is 0.266 e. The first-order valence-electron chi connectivity index (χ1n) is 13.3. The van der Waals surface area contributed by atoms with Gasteiger partial charge in [0.1, 0.15) is 21.5 Å². The summed E-state index contributed by atoms with van der Waals surface area (Å²) in [7, 11) is -3.26. The number of nitrogens with one attached hydrogen (secondary N) is 2. The van der Waals surface area contributed by atoms with Crippen LogP contribution in [0.2, 0.25) is 10.0 Å². The van der Waals surface area contributed by atoms with Crippen LogP contribution in [0.15, 0.2) is 48.7 Å². The van der Waals surface area contributed by atoms with E-state index in [1.165, 1.54) is 12.1 Å². The van der Waals surface area contributed by atoms with Crippen molar-refractivity contribution in [1.29, 1.82) is 4.78 Å². The van der Waals surface area contributed by atoms with Crippen molar-refractivity contribution in [2.45, 2.75) is 55.7 Å². The highest BCUT2D eigenvalue weighted by molar-refractivity contribution is 7.92. The van der Waals surface area contributed by atoms with Crippen LogP contribution in [0.25, 0.3) is 0 Å². The highest BCUT2D eigenvalue weighted by Gasteiger charge is 2.35. The molecule has 10 heteroatoms. The third-order valence-electron chi connectivity index (χ3n) is 7.62. The minimum atomic E-state index is -3.26. The van der Waals surface area contributed by atoms with Crippen molar-refractivity contribution in [3.8, 4) is 5.75 Å². The Kier molecular flexibility index (Phi) is 8.41. The maximum atomic E-state index is 15.0. The SMILES string of the molecule is C=C=CC(c1cc(Cl)cc(Cl)c1)N1CCC(COc2cc(F)c(C(=O)NS(=N)(=O)C3CC3)cc2C2CC2)CC1. The van der Waals surface area contributed by atoms with Gasteiger partial charge >= 0.3 is 0 Å².